The highest BCUT2D eigenvalue weighted by atomic mass is 35.5. The fraction of sp³-hybridized carbons (Fsp3) is 0.100. The van der Waals surface area contributed by atoms with Crippen LogP contribution in [-0.4, -0.2) is 24.1 Å². The van der Waals surface area contributed by atoms with Gasteiger partial charge in [0.2, 0.25) is 0 Å². The molecule has 1 aliphatic heterocycles. The summed E-state index contributed by atoms with van der Waals surface area (Å²) in [5, 5.41) is 10.0. The normalized spacial score (nSPS) is 15.7. The second-order valence-corrected chi connectivity index (χ2v) is 6.10. The summed E-state index contributed by atoms with van der Waals surface area (Å²) in [6.45, 7) is 1.66. The van der Waals surface area contributed by atoms with Crippen LogP contribution in [0.5, 0.6) is 5.75 Å². The number of methoxy groups -OCH3 is 1. The Morgan fingerprint density at radius 3 is 2.58 bits per heavy atom. The van der Waals surface area contributed by atoms with Gasteiger partial charge in [-0.25, -0.2) is 4.79 Å². The van der Waals surface area contributed by atoms with Gasteiger partial charge in [-0.2, -0.15) is 0 Å². The first-order valence-electron chi connectivity index (χ1n) is 7.83. The van der Waals surface area contributed by atoms with E-state index >= 15 is 0 Å². The number of hydrogen-bond acceptors (Lipinski definition) is 4. The summed E-state index contributed by atoms with van der Waals surface area (Å²) in [6.07, 6.45) is 1.55. The van der Waals surface area contributed by atoms with Crippen LogP contribution >= 0.6 is 11.6 Å². The van der Waals surface area contributed by atoms with Crippen LogP contribution in [0.15, 0.2) is 65.4 Å². The number of benzene rings is 2. The molecule has 0 saturated carbocycles. The van der Waals surface area contributed by atoms with Gasteiger partial charge in [0.15, 0.2) is 0 Å². The summed E-state index contributed by atoms with van der Waals surface area (Å²) in [4.78, 5) is 26.8. The molecular formula is C20H16ClNO4. The average Bonchev–Trinajstić information content (AvgIpc) is 2.85. The van der Waals surface area contributed by atoms with Crippen molar-refractivity contribution in [2.75, 3.05) is 12.0 Å². The molecule has 0 bridgehead atoms. The Kier molecular flexibility index (Phi) is 4.82. The van der Waals surface area contributed by atoms with Gasteiger partial charge in [-0.05, 0) is 42.8 Å². The second-order valence-electron chi connectivity index (χ2n) is 5.70. The lowest BCUT2D eigenvalue weighted by molar-refractivity contribution is -0.136. The van der Waals surface area contributed by atoms with Crippen LogP contribution in [0.2, 0.25) is 5.02 Å². The van der Waals surface area contributed by atoms with E-state index in [0.29, 0.717) is 22.0 Å². The summed E-state index contributed by atoms with van der Waals surface area (Å²) in [5.74, 6) is -0.941. The van der Waals surface area contributed by atoms with Crippen molar-refractivity contribution in [1.82, 2.24) is 0 Å². The molecule has 1 amide bonds. The van der Waals surface area contributed by atoms with Crippen molar-refractivity contribution in [3.05, 3.63) is 76.0 Å². The third kappa shape index (κ3) is 3.09. The van der Waals surface area contributed by atoms with Crippen LogP contribution < -0.4 is 4.90 Å². The molecule has 6 heteroatoms. The van der Waals surface area contributed by atoms with E-state index in [1.165, 1.54) is 24.1 Å². The van der Waals surface area contributed by atoms with Crippen molar-refractivity contribution < 1.29 is 19.4 Å². The first kappa shape index (κ1) is 17.8. The fourth-order valence-corrected chi connectivity index (χ4v) is 3.10. The maximum absolute atomic E-state index is 13.1. The SMILES string of the molecule is COC(=O)C1=C(C)N(c2ccccc2Cl)C(=O)/C1=C\c1cccc(O)c1. The minimum atomic E-state index is -0.614. The van der Waals surface area contributed by atoms with Crippen molar-refractivity contribution in [2.45, 2.75) is 6.92 Å². The van der Waals surface area contributed by atoms with E-state index in [2.05, 4.69) is 0 Å². The first-order chi connectivity index (χ1) is 12.4. The number of carbonyl (C=O) groups is 2. The number of nitrogens with zero attached hydrogens (tertiary/aromatic N) is 1. The average molecular weight is 370 g/mol. The van der Waals surface area contributed by atoms with Gasteiger partial charge in [0.25, 0.3) is 5.91 Å². The van der Waals surface area contributed by atoms with Gasteiger partial charge in [0, 0.05) is 5.70 Å². The van der Waals surface area contributed by atoms with E-state index in [0.717, 1.165) is 0 Å². The zero-order chi connectivity index (χ0) is 18.8. The minimum absolute atomic E-state index is 0.0630. The maximum atomic E-state index is 13.1. The molecule has 0 saturated heterocycles. The zero-order valence-electron chi connectivity index (χ0n) is 14.2. The molecule has 0 spiro atoms. The zero-order valence-corrected chi connectivity index (χ0v) is 14.9. The summed E-state index contributed by atoms with van der Waals surface area (Å²) < 4.78 is 4.86. The quantitative estimate of drug-likeness (QED) is 0.657. The van der Waals surface area contributed by atoms with E-state index in [1.807, 2.05) is 0 Å². The van der Waals surface area contributed by atoms with E-state index < -0.39 is 5.97 Å². The van der Waals surface area contributed by atoms with E-state index in [9.17, 15) is 14.7 Å². The topological polar surface area (TPSA) is 66.8 Å². The van der Waals surface area contributed by atoms with Crippen molar-refractivity contribution in [3.8, 4) is 5.75 Å². The molecule has 0 aliphatic carbocycles. The van der Waals surface area contributed by atoms with Gasteiger partial charge in [-0.3, -0.25) is 9.69 Å². The highest BCUT2D eigenvalue weighted by Gasteiger charge is 2.38. The highest BCUT2D eigenvalue weighted by Crippen LogP contribution is 2.38. The predicted molar refractivity (Wildman–Crippen MR) is 99.7 cm³/mol. The third-order valence-electron chi connectivity index (χ3n) is 4.06. The fourth-order valence-electron chi connectivity index (χ4n) is 2.88. The van der Waals surface area contributed by atoms with Gasteiger partial charge in [-0.15, -0.1) is 0 Å². The number of rotatable bonds is 3. The molecule has 1 aliphatic rings. The second kappa shape index (κ2) is 7.06. The molecule has 0 unspecified atom stereocenters. The first-order valence-corrected chi connectivity index (χ1v) is 8.21. The van der Waals surface area contributed by atoms with Crippen molar-refractivity contribution >= 4 is 35.2 Å². The molecule has 1 N–H and O–H groups in total. The lowest BCUT2D eigenvalue weighted by atomic mass is 10.0. The predicted octanol–water partition coefficient (Wildman–Crippen LogP) is 3.92. The van der Waals surface area contributed by atoms with E-state index in [4.69, 9.17) is 16.3 Å². The molecule has 0 fully saturated rings. The van der Waals surface area contributed by atoms with Gasteiger partial charge in [0.1, 0.15) is 5.75 Å². The smallest absolute Gasteiger partial charge is 0.340 e. The number of para-hydroxylation sites is 1. The van der Waals surface area contributed by atoms with Crippen LogP contribution in [0, 0.1) is 0 Å². The number of halogens is 1. The number of ether oxygens (including phenoxy) is 1. The number of carbonyl (C=O) groups excluding carboxylic acids is 2. The molecule has 3 rings (SSSR count). The third-order valence-corrected chi connectivity index (χ3v) is 4.38. The Bertz CT molecular complexity index is 962. The Balaban J connectivity index is 2.17. The molecular weight excluding hydrogens is 354 g/mol. The Hall–Kier alpha value is -3.05. The lowest BCUT2D eigenvalue weighted by Crippen LogP contribution is -2.24. The van der Waals surface area contributed by atoms with Gasteiger partial charge >= 0.3 is 5.97 Å². The summed E-state index contributed by atoms with van der Waals surface area (Å²) in [7, 11) is 1.26. The molecule has 2 aromatic rings. The number of phenolic OH excluding ortho intramolecular Hbond substituents is 1. The maximum Gasteiger partial charge on any atom is 0.340 e. The van der Waals surface area contributed by atoms with Crippen LogP contribution in [-0.2, 0) is 14.3 Å². The van der Waals surface area contributed by atoms with Crippen LogP contribution in [0.1, 0.15) is 12.5 Å². The number of allylic oxidation sites excluding steroid dienone is 1. The monoisotopic (exact) mass is 369 g/mol. The summed E-state index contributed by atoms with van der Waals surface area (Å²) in [6, 6.07) is 13.3. The molecule has 132 valence electrons. The number of anilines is 1. The van der Waals surface area contributed by atoms with E-state index in [-0.39, 0.29) is 22.8 Å². The minimum Gasteiger partial charge on any atom is -0.508 e. The van der Waals surface area contributed by atoms with Crippen LogP contribution in [0.4, 0.5) is 5.69 Å². The number of aromatic hydroxyl groups is 1. The Labute approximate surface area is 155 Å². The number of phenols is 1. The standard InChI is InChI=1S/C20H16ClNO4/c1-12-18(20(25)26-2)15(11-13-6-5-7-14(23)10-13)19(24)22(12)17-9-4-3-8-16(17)21/h3-11,23H,1-2H3/b15-11-. The van der Waals surface area contributed by atoms with Crippen LogP contribution in [0.3, 0.4) is 0 Å². The van der Waals surface area contributed by atoms with Gasteiger partial charge in [0.05, 0.1) is 29.0 Å². The molecule has 0 radical (unpaired) electrons. The lowest BCUT2D eigenvalue weighted by Gasteiger charge is -2.19. The van der Waals surface area contributed by atoms with Gasteiger partial charge in [-0.1, -0.05) is 35.9 Å². The molecule has 26 heavy (non-hydrogen) atoms. The number of esters is 1. The van der Waals surface area contributed by atoms with Crippen LogP contribution in [0.25, 0.3) is 6.08 Å². The van der Waals surface area contributed by atoms with Crippen molar-refractivity contribution in [2.24, 2.45) is 0 Å². The van der Waals surface area contributed by atoms with E-state index in [1.54, 1.807) is 49.4 Å². The molecule has 2 aromatic carbocycles. The molecule has 0 atom stereocenters. The molecule has 5 nitrogen and oxygen atoms in total. The molecule has 0 aromatic heterocycles. The largest absolute Gasteiger partial charge is 0.508 e. The summed E-state index contributed by atoms with van der Waals surface area (Å²) >= 11 is 6.24. The Morgan fingerprint density at radius 2 is 1.92 bits per heavy atom. The summed E-state index contributed by atoms with van der Waals surface area (Å²) in [5.41, 5.74) is 1.85. The number of amides is 1. The highest BCUT2D eigenvalue weighted by molar-refractivity contribution is 6.35. The van der Waals surface area contributed by atoms with Gasteiger partial charge < -0.3 is 9.84 Å². The Morgan fingerprint density at radius 1 is 1.19 bits per heavy atom. The number of hydrogen-bond donors (Lipinski definition) is 1. The van der Waals surface area contributed by atoms with Crippen molar-refractivity contribution in [1.29, 1.82) is 0 Å². The molecule has 1 heterocycles. The van der Waals surface area contributed by atoms with Crippen molar-refractivity contribution in [3.63, 3.8) is 0 Å².